The lowest BCUT2D eigenvalue weighted by Crippen LogP contribution is -2.35. The SMILES string of the molecule is Cc1ccc(OC[C@H](O)CNc2cc[nH]c(=O)c2C2=Nc3cc4c(cc3C2)C(=O)N(CCN(C)CCS(C)(=O)=O)C4)c(C)c1. The third kappa shape index (κ3) is 7.37. The summed E-state index contributed by atoms with van der Waals surface area (Å²) in [4.78, 5) is 37.3. The molecule has 3 aromatic rings. The second-order valence-corrected chi connectivity index (χ2v) is 14.0. The Kier molecular flexibility index (Phi) is 9.23. The van der Waals surface area contributed by atoms with Crippen LogP contribution >= 0.6 is 0 Å². The van der Waals surface area contributed by atoms with E-state index in [-0.39, 0.29) is 30.4 Å². The molecule has 1 atom stereocenters. The van der Waals surface area contributed by atoms with Crippen LogP contribution in [-0.4, -0.2) is 97.9 Å². The fourth-order valence-corrected chi connectivity index (χ4v) is 6.10. The Balaban J connectivity index is 1.23. The molecule has 0 bridgehead atoms. The van der Waals surface area contributed by atoms with E-state index in [1.54, 1.807) is 17.2 Å². The van der Waals surface area contributed by atoms with Gasteiger partial charge in [-0.25, -0.2) is 8.42 Å². The number of likely N-dealkylation sites (N-methyl/N-ethyl adjacent to an activating group) is 1. The Hall–Kier alpha value is -4.00. The first kappa shape index (κ1) is 31.4. The number of aryl methyl sites for hydroxylation is 2. The average molecular weight is 622 g/mol. The highest BCUT2D eigenvalue weighted by Crippen LogP contribution is 2.35. The molecule has 0 saturated heterocycles. The number of carbonyl (C=O) groups is 1. The zero-order chi connectivity index (χ0) is 31.6. The van der Waals surface area contributed by atoms with Crippen LogP contribution in [0.1, 0.15) is 38.2 Å². The van der Waals surface area contributed by atoms with E-state index in [0.717, 1.165) is 33.7 Å². The first-order valence-corrected chi connectivity index (χ1v) is 16.7. The molecule has 2 aromatic carbocycles. The first-order valence-electron chi connectivity index (χ1n) is 14.6. The summed E-state index contributed by atoms with van der Waals surface area (Å²) in [6.07, 6.45) is 2.34. The molecule has 5 rings (SSSR count). The van der Waals surface area contributed by atoms with Gasteiger partial charge in [-0.05, 0) is 61.9 Å². The number of hydrogen-bond donors (Lipinski definition) is 3. The van der Waals surface area contributed by atoms with E-state index in [4.69, 9.17) is 9.73 Å². The Labute approximate surface area is 257 Å². The number of H-pyrrole nitrogens is 1. The monoisotopic (exact) mass is 621 g/mol. The maximum Gasteiger partial charge on any atom is 0.259 e. The highest BCUT2D eigenvalue weighted by atomic mass is 32.2. The minimum Gasteiger partial charge on any atom is -0.491 e. The number of ether oxygens (including phenoxy) is 1. The molecule has 44 heavy (non-hydrogen) atoms. The Bertz CT molecular complexity index is 1770. The lowest BCUT2D eigenvalue weighted by Gasteiger charge is -2.21. The fourth-order valence-electron chi connectivity index (χ4n) is 5.46. The second-order valence-electron chi connectivity index (χ2n) is 11.7. The number of aliphatic imine (C=N–C) groups is 1. The van der Waals surface area contributed by atoms with E-state index in [9.17, 15) is 23.1 Å². The van der Waals surface area contributed by atoms with E-state index < -0.39 is 15.9 Å². The minimum absolute atomic E-state index is 0.0651. The Morgan fingerprint density at radius 2 is 1.93 bits per heavy atom. The molecule has 0 saturated carbocycles. The lowest BCUT2D eigenvalue weighted by molar-refractivity contribution is 0.0765. The van der Waals surface area contributed by atoms with Gasteiger partial charge in [-0.15, -0.1) is 0 Å². The summed E-state index contributed by atoms with van der Waals surface area (Å²) >= 11 is 0. The fraction of sp³-hybridized carbons (Fsp3) is 0.406. The number of aliphatic hydroxyl groups excluding tert-OH is 1. The van der Waals surface area contributed by atoms with Crippen molar-refractivity contribution in [2.45, 2.75) is 32.9 Å². The van der Waals surface area contributed by atoms with Crippen molar-refractivity contribution in [3.63, 3.8) is 0 Å². The molecule has 1 aromatic heterocycles. The molecule has 0 spiro atoms. The highest BCUT2D eigenvalue weighted by molar-refractivity contribution is 7.90. The van der Waals surface area contributed by atoms with Crippen LogP contribution in [0.15, 0.2) is 52.4 Å². The van der Waals surface area contributed by atoms with Crippen LogP contribution in [0.3, 0.4) is 0 Å². The molecule has 1 amide bonds. The molecular formula is C32H39N5O6S. The van der Waals surface area contributed by atoms with Gasteiger partial charge in [0.05, 0.1) is 28.4 Å². The van der Waals surface area contributed by atoms with Crippen molar-refractivity contribution in [3.8, 4) is 5.75 Å². The van der Waals surface area contributed by atoms with Crippen molar-refractivity contribution < 1.29 is 23.1 Å². The zero-order valence-corrected chi connectivity index (χ0v) is 26.3. The smallest absolute Gasteiger partial charge is 0.259 e. The minimum atomic E-state index is -3.05. The number of hydrogen-bond acceptors (Lipinski definition) is 9. The van der Waals surface area contributed by atoms with Crippen molar-refractivity contribution >= 4 is 32.8 Å². The number of nitrogens with one attached hydrogen (secondary N) is 2. The summed E-state index contributed by atoms with van der Waals surface area (Å²) < 4.78 is 28.7. The van der Waals surface area contributed by atoms with Gasteiger partial charge in [0, 0.05) is 57.2 Å². The number of amides is 1. The maximum absolute atomic E-state index is 13.2. The average Bonchev–Trinajstić information content (AvgIpc) is 3.51. The number of aromatic amines is 1. The van der Waals surface area contributed by atoms with Gasteiger partial charge in [-0.1, -0.05) is 17.7 Å². The number of benzene rings is 2. The van der Waals surface area contributed by atoms with Crippen molar-refractivity contribution in [2.24, 2.45) is 4.99 Å². The largest absolute Gasteiger partial charge is 0.491 e. The van der Waals surface area contributed by atoms with E-state index >= 15 is 0 Å². The number of sulfone groups is 1. The summed E-state index contributed by atoms with van der Waals surface area (Å²) in [7, 11) is -1.20. The molecule has 12 heteroatoms. The maximum atomic E-state index is 13.2. The first-order chi connectivity index (χ1) is 20.9. The number of aliphatic hydroxyl groups is 1. The van der Waals surface area contributed by atoms with Gasteiger partial charge in [0.25, 0.3) is 11.5 Å². The molecule has 0 unspecified atom stereocenters. The molecule has 2 aliphatic rings. The van der Waals surface area contributed by atoms with Gasteiger partial charge in [0.15, 0.2) is 0 Å². The Morgan fingerprint density at radius 3 is 2.68 bits per heavy atom. The van der Waals surface area contributed by atoms with Crippen LogP contribution < -0.4 is 15.6 Å². The number of anilines is 1. The quantitative estimate of drug-likeness (QED) is 0.264. The summed E-state index contributed by atoms with van der Waals surface area (Å²) in [6.45, 7) is 6.15. The molecule has 0 aliphatic carbocycles. The predicted octanol–water partition coefficient (Wildman–Crippen LogP) is 2.45. The summed E-state index contributed by atoms with van der Waals surface area (Å²) in [5.41, 5.74) is 6.50. The molecule has 0 radical (unpaired) electrons. The van der Waals surface area contributed by atoms with Crippen molar-refractivity contribution in [3.05, 3.63) is 86.3 Å². The summed E-state index contributed by atoms with van der Waals surface area (Å²) in [6, 6.07) is 11.4. The Morgan fingerprint density at radius 1 is 1.14 bits per heavy atom. The van der Waals surface area contributed by atoms with Gasteiger partial charge in [-0.2, -0.15) is 0 Å². The number of aromatic nitrogens is 1. The van der Waals surface area contributed by atoms with Gasteiger partial charge < -0.3 is 29.9 Å². The van der Waals surface area contributed by atoms with Crippen LogP contribution in [-0.2, 0) is 22.8 Å². The number of carbonyl (C=O) groups excluding carboxylic acids is 1. The molecule has 3 N–H and O–H groups in total. The third-order valence-electron chi connectivity index (χ3n) is 7.93. The highest BCUT2D eigenvalue weighted by Gasteiger charge is 2.31. The molecule has 3 heterocycles. The lowest BCUT2D eigenvalue weighted by atomic mass is 10.00. The van der Waals surface area contributed by atoms with Crippen LogP contribution in [0.2, 0.25) is 0 Å². The van der Waals surface area contributed by atoms with Crippen LogP contribution in [0, 0.1) is 13.8 Å². The predicted molar refractivity (Wildman–Crippen MR) is 171 cm³/mol. The van der Waals surface area contributed by atoms with Gasteiger partial charge >= 0.3 is 0 Å². The summed E-state index contributed by atoms with van der Waals surface area (Å²) in [5.74, 6) is 0.731. The van der Waals surface area contributed by atoms with Gasteiger partial charge in [0.1, 0.15) is 28.3 Å². The summed E-state index contributed by atoms with van der Waals surface area (Å²) in [5, 5.41) is 13.8. The van der Waals surface area contributed by atoms with Gasteiger partial charge in [0.2, 0.25) is 0 Å². The molecular weight excluding hydrogens is 582 g/mol. The van der Waals surface area contributed by atoms with E-state index in [1.807, 2.05) is 56.1 Å². The van der Waals surface area contributed by atoms with Crippen molar-refractivity contribution in [2.75, 3.05) is 57.2 Å². The number of rotatable bonds is 13. The van der Waals surface area contributed by atoms with Crippen molar-refractivity contribution in [1.82, 2.24) is 14.8 Å². The van der Waals surface area contributed by atoms with Gasteiger partial charge in [-0.3, -0.25) is 14.6 Å². The topological polar surface area (TPSA) is 144 Å². The normalized spacial score (nSPS) is 14.9. The standard InChI is InChI=1S/C32H39N5O6S/c1-20-5-6-29(21(2)13-20)43-19-24(38)17-34-26-7-8-33-31(39)30(26)28-15-22-14-25-23(16-27(22)35-28)18-37(32(25)40)10-9-36(3)11-12-44(4,41)42/h5-8,13-14,16,24,38H,9-12,15,17-19H2,1-4H3,(H2,33,34,39)/t24-/m1/s1. The van der Waals surface area contributed by atoms with E-state index in [0.29, 0.717) is 55.1 Å². The second kappa shape index (κ2) is 12.9. The number of nitrogens with zero attached hydrogens (tertiary/aromatic N) is 3. The van der Waals surface area contributed by atoms with Crippen molar-refractivity contribution in [1.29, 1.82) is 0 Å². The van der Waals surface area contributed by atoms with E-state index in [2.05, 4.69) is 10.3 Å². The molecule has 2 aliphatic heterocycles. The van der Waals surface area contributed by atoms with Crippen LogP contribution in [0.5, 0.6) is 5.75 Å². The van der Waals surface area contributed by atoms with E-state index in [1.165, 1.54) is 6.26 Å². The number of pyridine rings is 1. The molecule has 0 fully saturated rings. The van der Waals surface area contributed by atoms with Crippen LogP contribution in [0.4, 0.5) is 11.4 Å². The van der Waals surface area contributed by atoms with Crippen LogP contribution in [0.25, 0.3) is 0 Å². The third-order valence-corrected chi connectivity index (χ3v) is 8.86. The molecule has 11 nitrogen and oxygen atoms in total. The number of fused-ring (bicyclic) bond motifs is 2. The zero-order valence-electron chi connectivity index (χ0n) is 25.5. The molecule has 234 valence electrons.